The molecule has 27 heavy (non-hydrogen) atoms. The summed E-state index contributed by atoms with van der Waals surface area (Å²) in [5.41, 5.74) is 3.38. The lowest BCUT2D eigenvalue weighted by Gasteiger charge is -2.07. The second-order valence-corrected chi connectivity index (χ2v) is 7.18. The van der Waals surface area contributed by atoms with Crippen LogP contribution in [0.4, 0.5) is 0 Å². The molecule has 0 atom stereocenters. The van der Waals surface area contributed by atoms with E-state index in [0.717, 1.165) is 22.2 Å². The van der Waals surface area contributed by atoms with Crippen LogP contribution in [0, 0.1) is 0 Å². The Labute approximate surface area is 160 Å². The van der Waals surface area contributed by atoms with Crippen molar-refractivity contribution in [3.8, 4) is 11.3 Å². The molecule has 0 fully saturated rings. The van der Waals surface area contributed by atoms with Gasteiger partial charge in [-0.25, -0.2) is 4.98 Å². The minimum Gasteiger partial charge on any atom is -0.220 e. The number of nitrogens with zero attached hydrogens (tertiary/aromatic N) is 4. The van der Waals surface area contributed by atoms with Crippen LogP contribution >= 0.6 is 11.8 Å². The summed E-state index contributed by atoms with van der Waals surface area (Å²) in [6.07, 6.45) is 1.80. The van der Waals surface area contributed by atoms with Crippen molar-refractivity contribution in [2.45, 2.75) is 10.9 Å². The van der Waals surface area contributed by atoms with Crippen molar-refractivity contribution < 1.29 is 0 Å². The van der Waals surface area contributed by atoms with Crippen LogP contribution in [0.25, 0.3) is 27.8 Å². The highest BCUT2D eigenvalue weighted by atomic mass is 32.2. The Balaban J connectivity index is 1.56. The molecule has 2 aromatic heterocycles. The minimum absolute atomic E-state index is 0.621. The molecule has 2 heterocycles. The topological polar surface area (TPSA) is 43.1 Å². The zero-order valence-corrected chi connectivity index (χ0v) is 15.3. The number of hydrogen-bond donors (Lipinski definition) is 0. The summed E-state index contributed by atoms with van der Waals surface area (Å²) in [6, 6.07) is 27.0. The third-order valence-electron chi connectivity index (χ3n) is 4.50. The van der Waals surface area contributed by atoms with E-state index in [0.29, 0.717) is 5.78 Å². The highest BCUT2D eigenvalue weighted by molar-refractivity contribution is 7.98. The van der Waals surface area contributed by atoms with Crippen molar-refractivity contribution in [2.24, 2.45) is 0 Å². The lowest BCUT2D eigenvalue weighted by molar-refractivity contribution is 0.886. The Morgan fingerprint density at radius 1 is 0.815 bits per heavy atom. The lowest BCUT2D eigenvalue weighted by Crippen LogP contribution is -1.96. The fourth-order valence-corrected chi connectivity index (χ4v) is 3.99. The molecule has 5 aromatic rings. The van der Waals surface area contributed by atoms with E-state index in [-0.39, 0.29) is 0 Å². The maximum atomic E-state index is 4.72. The van der Waals surface area contributed by atoms with Crippen LogP contribution in [-0.4, -0.2) is 19.6 Å². The predicted octanol–water partition coefficient (Wildman–Crippen LogP) is 5.24. The van der Waals surface area contributed by atoms with E-state index in [9.17, 15) is 0 Å². The highest BCUT2D eigenvalue weighted by Gasteiger charge is 2.12. The van der Waals surface area contributed by atoms with Gasteiger partial charge in [-0.15, -0.1) is 5.10 Å². The van der Waals surface area contributed by atoms with Gasteiger partial charge in [0.15, 0.2) is 0 Å². The second kappa shape index (κ2) is 6.85. The molecule has 0 aliphatic rings. The maximum absolute atomic E-state index is 4.72. The largest absolute Gasteiger partial charge is 0.253 e. The van der Waals surface area contributed by atoms with Gasteiger partial charge in [0.05, 0.1) is 5.69 Å². The Kier molecular flexibility index (Phi) is 4.07. The van der Waals surface area contributed by atoms with Gasteiger partial charge in [-0.2, -0.15) is 9.50 Å². The molecule has 0 saturated heterocycles. The van der Waals surface area contributed by atoms with Crippen LogP contribution in [0.5, 0.6) is 0 Å². The normalized spacial score (nSPS) is 11.3. The van der Waals surface area contributed by atoms with Gasteiger partial charge in [0.25, 0.3) is 5.78 Å². The maximum Gasteiger partial charge on any atom is 0.253 e. The van der Waals surface area contributed by atoms with Crippen LogP contribution in [0.3, 0.4) is 0 Å². The van der Waals surface area contributed by atoms with E-state index in [1.165, 1.54) is 16.3 Å². The van der Waals surface area contributed by atoms with Crippen LogP contribution in [0.1, 0.15) is 5.56 Å². The summed E-state index contributed by atoms with van der Waals surface area (Å²) in [5.74, 6) is 1.46. The van der Waals surface area contributed by atoms with Gasteiger partial charge in [0, 0.05) is 17.5 Å². The summed E-state index contributed by atoms with van der Waals surface area (Å²) < 4.78 is 1.84. The first kappa shape index (κ1) is 16.0. The Bertz CT molecular complexity index is 1230. The van der Waals surface area contributed by atoms with Crippen LogP contribution in [0.15, 0.2) is 90.2 Å². The number of fused-ring (bicyclic) bond motifs is 2. The molecular formula is C22H16N4S. The number of thioether (sulfide) groups is 1. The quantitative estimate of drug-likeness (QED) is 0.407. The van der Waals surface area contributed by atoms with Crippen molar-refractivity contribution in [1.82, 2.24) is 19.6 Å². The SMILES string of the molecule is c1ccc(CSc2nc3nccc(-c4cccc5ccccc45)n3n2)cc1. The molecule has 0 radical (unpaired) electrons. The molecule has 0 spiro atoms. The first-order valence-corrected chi connectivity index (χ1v) is 9.74. The van der Waals surface area contributed by atoms with Crippen molar-refractivity contribution in [3.63, 3.8) is 0 Å². The molecule has 0 aliphatic heterocycles. The molecular weight excluding hydrogens is 352 g/mol. The molecule has 4 nitrogen and oxygen atoms in total. The molecule has 0 unspecified atom stereocenters. The fraction of sp³-hybridized carbons (Fsp3) is 0.0455. The summed E-state index contributed by atoms with van der Waals surface area (Å²) in [7, 11) is 0. The third-order valence-corrected chi connectivity index (χ3v) is 5.41. The lowest BCUT2D eigenvalue weighted by atomic mass is 10.0. The zero-order valence-electron chi connectivity index (χ0n) is 14.5. The summed E-state index contributed by atoms with van der Waals surface area (Å²) in [6.45, 7) is 0. The van der Waals surface area contributed by atoms with Gasteiger partial charge in [-0.1, -0.05) is 84.6 Å². The Morgan fingerprint density at radius 2 is 1.63 bits per heavy atom. The van der Waals surface area contributed by atoms with Gasteiger partial charge >= 0.3 is 0 Å². The van der Waals surface area contributed by atoms with Gasteiger partial charge in [-0.3, -0.25) is 0 Å². The van der Waals surface area contributed by atoms with Crippen molar-refractivity contribution in [1.29, 1.82) is 0 Å². The molecule has 3 aromatic carbocycles. The van der Waals surface area contributed by atoms with E-state index in [4.69, 9.17) is 5.10 Å². The van der Waals surface area contributed by atoms with Crippen LogP contribution in [0.2, 0.25) is 0 Å². The molecule has 0 saturated carbocycles. The molecule has 5 heteroatoms. The standard InChI is InChI=1S/C22H16N4S/c1-2-7-16(8-3-1)15-27-22-24-21-23-14-13-20(26(21)25-22)19-12-6-10-17-9-4-5-11-18(17)19/h1-14H,15H2. The van der Waals surface area contributed by atoms with Crippen molar-refractivity contribution >= 4 is 28.3 Å². The summed E-state index contributed by atoms with van der Waals surface area (Å²) in [4.78, 5) is 9.00. The predicted molar refractivity (Wildman–Crippen MR) is 110 cm³/mol. The number of benzene rings is 3. The van der Waals surface area contributed by atoms with Gasteiger partial charge in [-0.05, 0) is 22.4 Å². The van der Waals surface area contributed by atoms with E-state index < -0.39 is 0 Å². The Morgan fingerprint density at radius 3 is 2.56 bits per heavy atom. The summed E-state index contributed by atoms with van der Waals surface area (Å²) in [5, 5.41) is 7.86. The molecule has 0 amide bonds. The molecule has 130 valence electrons. The van der Waals surface area contributed by atoms with Gasteiger partial charge in [0.2, 0.25) is 5.16 Å². The third kappa shape index (κ3) is 3.06. The monoisotopic (exact) mass is 368 g/mol. The summed E-state index contributed by atoms with van der Waals surface area (Å²) >= 11 is 1.62. The smallest absolute Gasteiger partial charge is 0.220 e. The van der Waals surface area contributed by atoms with Crippen molar-refractivity contribution in [2.75, 3.05) is 0 Å². The van der Waals surface area contributed by atoms with Gasteiger partial charge < -0.3 is 0 Å². The van der Waals surface area contributed by atoms with Crippen LogP contribution < -0.4 is 0 Å². The molecule has 0 bridgehead atoms. The fourth-order valence-electron chi connectivity index (χ4n) is 3.21. The first-order valence-electron chi connectivity index (χ1n) is 8.75. The average molecular weight is 368 g/mol. The van der Waals surface area contributed by atoms with E-state index >= 15 is 0 Å². The molecule has 5 rings (SSSR count). The zero-order chi connectivity index (χ0) is 18.1. The molecule has 0 N–H and O–H groups in total. The van der Waals surface area contributed by atoms with E-state index in [1.807, 2.05) is 28.8 Å². The van der Waals surface area contributed by atoms with Crippen molar-refractivity contribution in [3.05, 3.63) is 90.6 Å². The second-order valence-electron chi connectivity index (χ2n) is 6.24. The Hall–Kier alpha value is -3.18. The minimum atomic E-state index is 0.621. The van der Waals surface area contributed by atoms with Crippen LogP contribution in [-0.2, 0) is 5.75 Å². The first-order chi connectivity index (χ1) is 13.4. The molecule has 0 aliphatic carbocycles. The number of hydrogen-bond acceptors (Lipinski definition) is 4. The van der Waals surface area contributed by atoms with E-state index in [2.05, 4.69) is 64.6 Å². The van der Waals surface area contributed by atoms with E-state index in [1.54, 1.807) is 18.0 Å². The number of rotatable bonds is 4. The number of aromatic nitrogens is 4. The highest BCUT2D eigenvalue weighted by Crippen LogP contribution is 2.29. The van der Waals surface area contributed by atoms with Gasteiger partial charge in [0.1, 0.15) is 0 Å². The average Bonchev–Trinajstić information content (AvgIpc) is 3.16.